The van der Waals surface area contributed by atoms with Gasteiger partial charge < -0.3 is 24.4 Å². The van der Waals surface area contributed by atoms with Crippen LogP contribution in [-0.2, 0) is 61.1 Å². The van der Waals surface area contributed by atoms with Crippen molar-refractivity contribution in [2.24, 2.45) is 0 Å². The number of hydrogen-bond donors (Lipinski definition) is 2. The Morgan fingerprint density at radius 1 is 0.575 bits per heavy atom. The van der Waals surface area contributed by atoms with Crippen molar-refractivity contribution in [1.29, 1.82) is 0 Å². The van der Waals surface area contributed by atoms with Crippen molar-refractivity contribution in [3.05, 3.63) is 96.3 Å². The van der Waals surface area contributed by atoms with Crippen LogP contribution in [0.4, 0.5) is 39.5 Å². The summed E-state index contributed by atoms with van der Waals surface area (Å²) in [5.41, 5.74) is 2.86. The number of aromatic nitrogens is 2. The highest BCUT2D eigenvalue weighted by atomic mass is 32.2. The van der Waals surface area contributed by atoms with Crippen LogP contribution in [0.5, 0.6) is 0 Å². The number of halogens is 9. The first kappa shape index (κ1) is 59.9. The molecule has 2 aromatic heterocycles. The van der Waals surface area contributed by atoms with Crippen LogP contribution in [0.1, 0.15) is 83.3 Å². The number of esters is 1. The summed E-state index contributed by atoms with van der Waals surface area (Å²) in [5.74, 6) is -4.92. The molecule has 73 heavy (non-hydrogen) atoms. The quantitative estimate of drug-likeness (QED) is 0.0889. The third kappa shape index (κ3) is 16.4. The van der Waals surface area contributed by atoms with Crippen LogP contribution in [0.3, 0.4) is 0 Å². The molecule has 4 aromatic rings. The summed E-state index contributed by atoms with van der Waals surface area (Å²) < 4.78 is 171. The number of sulfone groups is 2. The fourth-order valence-electron chi connectivity index (χ4n) is 7.49. The smallest absolute Gasteiger partial charge is 0.480 e. The normalized spacial score (nSPS) is 16.2. The van der Waals surface area contributed by atoms with Crippen LogP contribution in [0, 0.1) is 0 Å². The van der Waals surface area contributed by atoms with Gasteiger partial charge in [0.2, 0.25) is 0 Å². The second-order valence-corrected chi connectivity index (χ2v) is 22.4. The lowest BCUT2D eigenvalue weighted by Gasteiger charge is -2.36. The first-order valence-electron chi connectivity index (χ1n) is 22.4. The number of hydrogen-bond acceptors (Lipinski definition) is 12. The minimum atomic E-state index is -5.08. The standard InChI is InChI=1S/C25H30F3NO5S.C21H22F3NO5S.C2HF3O2/c1-23(2,3)34-22(30)24(13-15-33-16-14-24)35(31,32)20-9-7-19(8-10-20)21-11-6-18(17-29-21)5-4-12-25(26,27)28;22-21(23,24)9-1-2-15-3-8-18(25-14-15)16-4-6-17(7-5-16)31(28,29)20(19(26)27)10-12-30-13-11-20;3-2(4,5)1(6)7/h6-11,17H,4-5,12-16H2,1-3H3;3-8,14H,1-2,9-13H2,(H,26,27);(H,6,7). The van der Waals surface area contributed by atoms with E-state index in [0.29, 0.717) is 33.6 Å². The van der Waals surface area contributed by atoms with Crippen molar-refractivity contribution in [2.75, 3.05) is 26.4 Å². The molecule has 4 heterocycles. The van der Waals surface area contributed by atoms with Gasteiger partial charge in [-0.15, -0.1) is 0 Å². The second-order valence-electron chi connectivity index (χ2n) is 17.9. The van der Waals surface area contributed by atoms with E-state index in [-0.39, 0.29) is 87.6 Å². The van der Waals surface area contributed by atoms with Gasteiger partial charge in [0.1, 0.15) is 5.60 Å². The zero-order chi connectivity index (χ0) is 54.7. The predicted octanol–water partition coefficient (Wildman–Crippen LogP) is 9.97. The number of benzene rings is 2. The highest BCUT2D eigenvalue weighted by Gasteiger charge is 2.55. The lowest BCUT2D eigenvalue weighted by atomic mass is 9.99. The number of carboxylic acid groups (broad SMARTS) is 2. The number of carboxylic acids is 2. The molecule has 14 nitrogen and oxygen atoms in total. The molecule has 25 heteroatoms. The Labute approximate surface area is 415 Å². The summed E-state index contributed by atoms with van der Waals surface area (Å²) in [6.45, 7) is 5.45. The topological polar surface area (TPSA) is 213 Å². The largest absolute Gasteiger partial charge is 0.490 e. The Balaban J connectivity index is 0.000000281. The van der Waals surface area contributed by atoms with E-state index in [1.54, 1.807) is 57.2 Å². The van der Waals surface area contributed by atoms with Gasteiger partial charge in [-0.25, -0.2) is 21.6 Å². The van der Waals surface area contributed by atoms with E-state index in [1.807, 2.05) is 0 Å². The maximum atomic E-state index is 13.6. The maximum absolute atomic E-state index is 13.6. The minimum absolute atomic E-state index is 0.00206. The highest BCUT2D eigenvalue weighted by Crippen LogP contribution is 2.39. The number of ether oxygens (including phenoxy) is 3. The summed E-state index contributed by atoms with van der Waals surface area (Å²) >= 11 is 0. The first-order chi connectivity index (χ1) is 33.7. The molecular weight excluding hydrogens is 1030 g/mol. The molecule has 2 fully saturated rings. The van der Waals surface area contributed by atoms with Crippen LogP contribution in [0.2, 0.25) is 0 Å². The fourth-order valence-corrected chi connectivity index (χ4v) is 11.3. The third-order valence-corrected chi connectivity index (χ3v) is 16.5. The number of carbonyl (C=O) groups is 3. The van der Waals surface area contributed by atoms with Crippen molar-refractivity contribution in [3.63, 3.8) is 0 Å². The molecule has 0 bridgehead atoms. The Morgan fingerprint density at radius 3 is 1.21 bits per heavy atom. The molecule has 2 N–H and O–H groups in total. The average molecular weight is 1090 g/mol. The molecule has 2 saturated heterocycles. The summed E-state index contributed by atoms with van der Waals surface area (Å²) in [6, 6.07) is 18.6. The van der Waals surface area contributed by atoms with E-state index in [4.69, 9.17) is 24.1 Å². The van der Waals surface area contributed by atoms with Gasteiger partial charge in [-0.1, -0.05) is 36.4 Å². The van der Waals surface area contributed by atoms with Gasteiger partial charge in [0, 0.05) is 88.5 Å². The van der Waals surface area contributed by atoms with E-state index in [9.17, 15) is 71.0 Å². The van der Waals surface area contributed by atoms with Crippen LogP contribution >= 0.6 is 0 Å². The molecule has 0 unspecified atom stereocenters. The average Bonchev–Trinajstić information content (AvgIpc) is 3.31. The molecule has 2 aromatic carbocycles. The minimum Gasteiger partial charge on any atom is -0.480 e. The van der Waals surface area contributed by atoms with E-state index >= 15 is 0 Å². The molecule has 0 amide bonds. The second kappa shape index (κ2) is 24.1. The molecule has 0 spiro atoms. The highest BCUT2D eigenvalue weighted by molar-refractivity contribution is 7.94. The van der Waals surface area contributed by atoms with Crippen molar-refractivity contribution < 1.29 is 95.2 Å². The monoisotopic (exact) mass is 1080 g/mol. The van der Waals surface area contributed by atoms with Gasteiger partial charge in [-0.3, -0.25) is 19.6 Å². The Hall–Kier alpha value is -5.66. The SMILES string of the molecule is CC(C)(C)OC(=O)C1(S(=O)(=O)c2ccc(-c3ccc(CCCC(F)(F)F)cn3)cc2)CCOCC1.O=C(O)C(F)(F)F.O=C(O)C1(S(=O)(=O)c2ccc(-c3ccc(CCCC(F)(F)F)cn3)cc2)CCOCC1. The van der Waals surface area contributed by atoms with E-state index in [2.05, 4.69) is 9.97 Å². The summed E-state index contributed by atoms with van der Waals surface area (Å²) in [4.78, 5) is 42.3. The summed E-state index contributed by atoms with van der Waals surface area (Å²) in [6.07, 6.45) is -11.9. The van der Waals surface area contributed by atoms with Gasteiger partial charge in [0.15, 0.2) is 29.2 Å². The molecule has 0 saturated carbocycles. The third-order valence-electron chi connectivity index (χ3n) is 11.5. The number of rotatable bonds is 14. The molecule has 0 atom stereocenters. The van der Waals surface area contributed by atoms with Gasteiger partial charge in [-0.2, -0.15) is 39.5 Å². The summed E-state index contributed by atoms with van der Waals surface area (Å²) in [7, 11) is -8.23. The number of carbonyl (C=O) groups excluding carboxylic acids is 1. The number of aliphatic carboxylic acids is 2. The molecule has 6 rings (SSSR count). The molecule has 0 radical (unpaired) electrons. The lowest BCUT2D eigenvalue weighted by molar-refractivity contribution is -0.192. The molecule has 402 valence electrons. The van der Waals surface area contributed by atoms with Gasteiger partial charge in [0.05, 0.1) is 21.2 Å². The number of alkyl halides is 9. The van der Waals surface area contributed by atoms with E-state index < -0.39 is 84.0 Å². The Bertz CT molecular complexity index is 2700. The Kier molecular flexibility index (Phi) is 19.8. The lowest BCUT2D eigenvalue weighted by Crippen LogP contribution is -2.53. The van der Waals surface area contributed by atoms with Crippen LogP contribution in [0.25, 0.3) is 22.5 Å². The van der Waals surface area contributed by atoms with E-state index in [1.165, 1.54) is 48.8 Å². The van der Waals surface area contributed by atoms with Crippen LogP contribution in [0.15, 0.2) is 95.0 Å². The van der Waals surface area contributed by atoms with E-state index in [0.717, 1.165) is 0 Å². The molecule has 0 aliphatic carbocycles. The van der Waals surface area contributed by atoms with Crippen molar-refractivity contribution in [3.8, 4) is 22.5 Å². The van der Waals surface area contributed by atoms with Crippen molar-refractivity contribution in [1.82, 2.24) is 9.97 Å². The molecular formula is C48H53F9N2O12S2. The van der Waals surface area contributed by atoms with Gasteiger partial charge in [0.25, 0.3) is 0 Å². The molecule has 2 aliphatic heterocycles. The summed E-state index contributed by atoms with van der Waals surface area (Å²) in [5, 5.41) is 16.8. The van der Waals surface area contributed by atoms with Gasteiger partial charge >= 0.3 is 36.4 Å². The van der Waals surface area contributed by atoms with Gasteiger partial charge in [-0.05, 0) is 94.0 Å². The fraction of sp³-hybridized carbons (Fsp3) is 0.479. The van der Waals surface area contributed by atoms with Crippen LogP contribution in [-0.4, -0.2) is 115 Å². The number of nitrogens with zero attached hydrogens (tertiary/aromatic N) is 2. The number of pyridine rings is 2. The first-order valence-corrected chi connectivity index (χ1v) is 25.4. The van der Waals surface area contributed by atoms with Crippen LogP contribution < -0.4 is 0 Å². The number of aryl methyl sites for hydroxylation is 2. The van der Waals surface area contributed by atoms with Crippen molar-refractivity contribution in [2.45, 2.75) is 128 Å². The zero-order valence-corrected chi connectivity index (χ0v) is 41.2. The van der Waals surface area contributed by atoms with Crippen molar-refractivity contribution >= 4 is 37.6 Å². The molecule has 2 aliphatic rings. The predicted molar refractivity (Wildman–Crippen MR) is 244 cm³/mol. The Morgan fingerprint density at radius 2 is 0.918 bits per heavy atom. The maximum Gasteiger partial charge on any atom is 0.490 e. The zero-order valence-electron chi connectivity index (χ0n) is 39.6.